The van der Waals surface area contributed by atoms with Gasteiger partial charge in [-0.25, -0.2) is 4.79 Å². The van der Waals surface area contributed by atoms with E-state index in [0.29, 0.717) is 6.42 Å². The molecule has 2 fully saturated rings. The van der Waals surface area contributed by atoms with E-state index in [9.17, 15) is 14.4 Å². The summed E-state index contributed by atoms with van der Waals surface area (Å²) in [5, 5.41) is 0. The minimum absolute atomic E-state index is 0.111. The van der Waals surface area contributed by atoms with Crippen molar-refractivity contribution in [3.8, 4) is 0 Å². The van der Waals surface area contributed by atoms with E-state index in [1.807, 2.05) is 0 Å². The van der Waals surface area contributed by atoms with Gasteiger partial charge in [0, 0.05) is 0 Å². The highest BCUT2D eigenvalue weighted by molar-refractivity contribution is 6.05. The maximum atomic E-state index is 12.2. The second-order valence-electron chi connectivity index (χ2n) is 4.73. The largest absolute Gasteiger partial charge is 0.465 e. The van der Waals surface area contributed by atoms with Gasteiger partial charge in [-0.3, -0.25) is 9.59 Å². The Labute approximate surface area is 116 Å². The summed E-state index contributed by atoms with van der Waals surface area (Å²) in [6.07, 6.45) is -0.559. The van der Waals surface area contributed by atoms with Crippen LogP contribution in [0.25, 0.3) is 0 Å². The zero-order valence-electron chi connectivity index (χ0n) is 11.8. The van der Waals surface area contributed by atoms with E-state index in [-0.39, 0.29) is 13.2 Å². The first-order chi connectivity index (χ1) is 9.49. The number of fused-ring (bicyclic) bond motifs is 1. The van der Waals surface area contributed by atoms with Crippen LogP contribution in [0.5, 0.6) is 0 Å². The number of hydrogen-bond donors (Lipinski definition) is 0. The van der Waals surface area contributed by atoms with Crippen LogP contribution >= 0.6 is 0 Å². The Balaban J connectivity index is 2.37. The summed E-state index contributed by atoms with van der Waals surface area (Å²) in [6, 6.07) is 0. The third kappa shape index (κ3) is 1.80. The van der Waals surface area contributed by atoms with Crippen molar-refractivity contribution in [2.75, 3.05) is 19.8 Å². The number of ether oxygens (including phenoxy) is 4. The van der Waals surface area contributed by atoms with Gasteiger partial charge in [0.15, 0.2) is 5.60 Å². The SMILES string of the molecule is CCOC(=O)C1(C(=O)OCC)COC(=O)[C@@]2(CC)O[C@H]12. The summed E-state index contributed by atoms with van der Waals surface area (Å²) >= 11 is 0. The van der Waals surface area contributed by atoms with Crippen LogP contribution in [0.4, 0.5) is 0 Å². The minimum Gasteiger partial charge on any atom is -0.465 e. The molecule has 0 unspecified atom stereocenters. The molecule has 112 valence electrons. The van der Waals surface area contributed by atoms with Gasteiger partial charge in [0.05, 0.1) is 13.2 Å². The van der Waals surface area contributed by atoms with E-state index in [2.05, 4.69) is 0 Å². The van der Waals surface area contributed by atoms with E-state index in [1.54, 1.807) is 20.8 Å². The molecule has 2 atom stereocenters. The standard InChI is InChI=1S/C13H18O7/c1-4-13-8(20-13)12(7-19-11(13)16,9(14)17-5-2)10(15)18-6-3/h8H,4-7H2,1-3H3/t8-,13+/m1/s1. The Kier molecular flexibility index (Phi) is 3.73. The van der Waals surface area contributed by atoms with Crippen LogP contribution in [-0.4, -0.2) is 49.4 Å². The fourth-order valence-electron chi connectivity index (χ4n) is 2.56. The van der Waals surface area contributed by atoms with Crippen LogP contribution in [0.15, 0.2) is 0 Å². The fraction of sp³-hybridized carbons (Fsp3) is 0.769. The lowest BCUT2D eigenvalue weighted by atomic mass is 9.77. The topological polar surface area (TPSA) is 91.4 Å². The maximum Gasteiger partial charge on any atom is 0.341 e. The van der Waals surface area contributed by atoms with Gasteiger partial charge < -0.3 is 18.9 Å². The van der Waals surface area contributed by atoms with Gasteiger partial charge in [-0.15, -0.1) is 0 Å². The van der Waals surface area contributed by atoms with Crippen molar-refractivity contribution in [1.29, 1.82) is 0 Å². The van der Waals surface area contributed by atoms with Crippen LogP contribution in [0.2, 0.25) is 0 Å². The summed E-state index contributed by atoms with van der Waals surface area (Å²) in [6.45, 7) is 4.81. The van der Waals surface area contributed by atoms with Crippen molar-refractivity contribution in [2.24, 2.45) is 5.41 Å². The molecule has 2 heterocycles. The van der Waals surface area contributed by atoms with Gasteiger partial charge >= 0.3 is 17.9 Å². The molecule has 2 aliphatic rings. The Hall–Kier alpha value is -1.63. The van der Waals surface area contributed by atoms with Crippen LogP contribution < -0.4 is 0 Å². The number of carbonyl (C=O) groups excluding carboxylic acids is 3. The zero-order chi connectivity index (χ0) is 15.0. The molecule has 0 radical (unpaired) electrons. The summed E-state index contributed by atoms with van der Waals surface area (Å²) in [5.41, 5.74) is -2.94. The van der Waals surface area contributed by atoms with Gasteiger partial charge in [0.25, 0.3) is 0 Å². The number of esters is 3. The molecule has 0 bridgehead atoms. The molecular formula is C13H18O7. The predicted molar refractivity (Wildman–Crippen MR) is 64.6 cm³/mol. The van der Waals surface area contributed by atoms with E-state index in [1.165, 1.54) is 0 Å². The molecule has 2 aliphatic heterocycles. The third-order valence-corrected chi connectivity index (χ3v) is 3.72. The maximum absolute atomic E-state index is 12.2. The van der Waals surface area contributed by atoms with E-state index in [0.717, 1.165) is 0 Å². The smallest absolute Gasteiger partial charge is 0.341 e. The molecule has 0 aromatic heterocycles. The minimum atomic E-state index is -1.71. The van der Waals surface area contributed by atoms with Crippen molar-refractivity contribution in [3.05, 3.63) is 0 Å². The summed E-state index contributed by atoms with van der Waals surface area (Å²) in [7, 11) is 0. The predicted octanol–water partition coefficient (Wildman–Crippen LogP) is 0.203. The molecule has 0 aromatic carbocycles. The van der Waals surface area contributed by atoms with E-state index >= 15 is 0 Å². The normalized spacial score (nSPS) is 29.9. The Morgan fingerprint density at radius 2 is 1.75 bits per heavy atom. The third-order valence-electron chi connectivity index (χ3n) is 3.72. The lowest BCUT2D eigenvalue weighted by Gasteiger charge is -2.31. The molecule has 0 aromatic rings. The highest BCUT2D eigenvalue weighted by Gasteiger charge is 2.79. The Bertz CT molecular complexity index is 426. The van der Waals surface area contributed by atoms with Crippen LogP contribution in [-0.2, 0) is 33.3 Å². The molecule has 0 spiro atoms. The molecule has 2 rings (SSSR count). The second kappa shape index (κ2) is 5.05. The molecule has 2 saturated heterocycles. The highest BCUT2D eigenvalue weighted by Crippen LogP contribution is 2.54. The van der Waals surface area contributed by atoms with Crippen molar-refractivity contribution in [1.82, 2.24) is 0 Å². The Morgan fingerprint density at radius 3 is 2.20 bits per heavy atom. The summed E-state index contributed by atoms with van der Waals surface area (Å²) in [4.78, 5) is 36.3. The van der Waals surface area contributed by atoms with Gasteiger partial charge in [-0.05, 0) is 20.3 Å². The number of hydrogen-bond acceptors (Lipinski definition) is 7. The lowest BCUT2D eigenvalue weighted by molar-refractivity contribution is -0.183. The zero-order valence-corrected chi connectivity index (χ0v) is 11.8. The molecule has 20 heavy (non-hydrogen) atoms. The summed E-state index contributed by atoms with van der Waals surface area (Å²) in [5.74, 6) is -2.09. The molecule has 0 amide bonds. The lowest BCUT2D eigenvalue weighted by Crippen LogP contribution is -2.57. The first kappa shape index (κ1) is 14.8. The first-order valence-corrected chi connectivity index (χ1v) is 6.69. The van der Waals surface area contributed by atoms with Crippen LogP contribution in [0, 0.1) is 5.41 Å². The molecule has 7 nitrogen and oxygen atoms in total. The number of cyclic esters (lactones) is 1. The van der Waals surface area contributed by atoms with Crippen LogP contribution in [0.1, 0.15) is 27.2 Å². The van der Waals surface area contributed by atoms with E-state index in [4.69, 9.17) is 18.9 Å². The highest BCUT2D eigenvalue weighted by atomic mass is 16.7. The van der Waals surface area contributed by atoms with Crippen LogP contribution in [0.3, 0.4) is 0 Å². The van der Waals surface area contributed by atoms with Crippen molar-refractivity contribution < 1.29 is 33.3 Å². The van der Waals surface area contributed by atoms with Crippen molar-refractivity contribution >= 4 is 17.9 Å². The number of carbonyl (C=O) groups is 3. The van der Waals surface area contributed by atoms with Gasteiger partial charge in [0.2, 0.25) is 5.41 Å². The van der Waals surface area contributed by atoms with Crippen molar-refractivity contribution in [2.45, 2.75) is 38.9 Å². The molecular weight excluding hydrogens is 268 g/mol. The van der Waals surface area contributed by atoms with Gasteiger partial charge in [-0.1, -0.05) is 6.92 Å². The van der Waals surface area contributed by atoms with Gasteiger partial charge in [0.1, 0.15) is 12.7 Å². The Morgan fingerprint density at radius 1 is 1.20 bits per heavy atom. The van der Waals surface area contributed by atoms with Gasteiger partial charge in [-0.2, -0.15) is 0 Å². The molecule has 0 aliphatic carbocycles. The molecule has 0 saturated carbocycles. The quantitative estimate of drug-likeness (QED) is 0.308. The van der Waals surface area contributed by atoms with Crippen molar-refractivity contribution in [3.63, 3.8) is 0 Å². The molecule has 7 heteroatoms. The van der Waals surface area contributed by atoms with E-state index < -0.39 is 41.6 Å². The number of rotatable bonds is 5. The first-order valence-electron chi connectivity index (χ1n) is 6.69. The average Bonchev–Trinajstić information content (AvgIpc) is 3.17. The fourth-order valence-corrected chi connectivity index (χ4v) is 2.56. The summed E-state index contributed by atoms with van der Waals surface area (Å²) < 4.78 is 20.3. The second-order valence-corrected chi connectivity index (χ2v) is 4.73. The monoisotopic (exact) mass is 286 g/mol. The average molecular weight is 286 g/mol. The molecule has 0 N–H and O–H groups in total. The number of epoxide rings is 1.